The summed E-state index contributed by atoms with van der Waals surface area (Å²) in [5, 5.41) is 18.0. The van der Waals surface area contributed by atoms with Gasteiger partial charge in [-0.05, 0) is 41.5 Å². The predicted octanol–water partition coefficient (Wildman–Crippen LogP) is 2.94. The van der Waals surface area contributed by atoms with Crippen LogP contribution in [0.15, 0.2) is 65.8 Å². The molecule has 0 saturated carbocycles. The SMILES string of the molecule is Cc1cccc(NC(=O)C(=O)N/N=C\c2c(O)ccc3ccccc23)c1. The minimum absolute atomic E-state index is 0.0333. The highest BCUT2D eigenvalue weighted by Gasteiger charge is 2.13. The molecule has 0 aliphatic heterocycles. The first kappa shape index (κ1) is 17.2. The van der Waals surface area contributed by atoms with Crippen LogP contribution in [0.2, 0.25) is 0 Å². The Balaban J connectivity index is 1.69. The van der Waals surface area contributed by atoms with Crippen molar-refractivity contribution in [3.8, 4) is 5.75 Å². The van der Waals surface area contributed by atoms with Crippen LogP contribution in [-0.2, 0) is 9.59 Å². The van der Waals surface area contributed by atoms with Crippen LogP contribution >= 0.6 is 0 Å². The molecule has 0 aliphatic rings. The monoisotopic (exact) mass is 347 g/mol. The second-order valence-electron chi connectivity index (χ2n) is 5.74. The molecule has 3 rings (SSSR count). The smallest absolute Gasteiger partial charge is 0.329 e. The van der Waals surface area contributed by atoms with Gasteiger partial charge < -0.3 is 10.4 Å². The molecule has 0 aliphatic carbocycles. The number of carbonyl (C=O) groups excluding carboxylic acids is 2. The molecule has 0 aromatic heterocycles. The number of carbonyl (C=O) groups is 2. The molecule has 3 aromatic rings. The molecule has 0 unspecified atom stereocenters. The molecule has 2 amide bonds. The third-order valence-corrected chi connectivity index (χ3v) is 3.79. The van der Waals surface area contributed by atoms with Crippen LogP contribution < -0.4 is 10.7 Å². The lowest BCUT2D eigenvalue weighted by atomic mass is 10.0. The number of phenolic OH excluding ortho intramolecular Hbond substituents is 1. The van der Waals surface area contributed by atoms with E-state index in [4.69, 9.17) is 0 Å². The van der Waals surface area contributed by atoms with Crippen molar-refractivity contribution in [1.29, 1.82) is 0 Å². The van der Waals surface area contributed by atoms with Crippen molar-refractivity contribution in [1.82, 2.24) is 5.43 Å². The highest BCUT2D eigenvalue weighted by Crippen LogP contribution is 2.25. The third-order valence-electron chi connectivity index (χ3n) is 3.79. The minimum atomic E-state index is -0.900. The first-order chi connectivity index (χ1) is 12.5. The fourth-order valence-electron chi connectivity index (χ4n) is 2.54. The summed E-state index contributed by atoms with van der Waals surface area (Å²) in [6.07, 6.45) is 1.31. The van der Waals surface area contributed by atoms with Gasteiger partial charge in [-0.25, -0.2) is 5.43 Å². The van der Waals surface area contributed by atoms with Gasteiger partial charge in [0.2, 0.25) is 0 Å². The van der Waals surface area contributed by atoms with Crippen molar-refractivity contribution in [3.05, 3.63) is 71.8 Å². The number of aryl methyl sites for hydroxylation is 1. The number of phenols is 1. The van der Waals surface area contributed by atoms with E-state index in [0.717, 1.165) is 16.3 Å². The van der Waals surface area contributed by atoms with Gasteiger partial charge in [-0.1, -0.05) is 42.5 Å². The summed E-state index contributed by atoms with van der Waals surface area (Å²) < 4.78 is 0. The van der Waals surface area contributed by atoms with E-state index in [9.17, 15) is 14.7 Å². The Labute approximate surface area is 150 Å². The maximum atomic E-state index is 11.9. The summed E-state index contributed by atoms with van der Waals surface area (Å²) in [5.41, 5.74) is 4.12. The average Bonchev–Trinajstić information content (AvgIpc) is 2.63. The Morgan fingerprint density at radius 3 is 2.62 bits per heavy atom. The van der Waals surface area contributed by atoms with Crippen molar-refractivity contribution in [2.45, 2.75) is 6.92 Å². The molecule has 6 nitrogen and oxygen atoms in total. The van der Waals surface area contributed by atoms with Crippen molar-refractivity contribution in [3.63, 3.8) is 0 Å². The van der Waals surface area contributed by atoms with Crippen LogP contribution in [0.25, 0.3) is 10.8 Å². The number of hydrogen-bond acceptors (Lipinski definition) is 4. The second-order valence-corrected chi connectivity index (χ2v) is 5.74. The van der Waals surface area contributed by atoms with E-state index in [2.05, 4.69) is 15.8 Å². The zero-order valence-electron chi connectivity index (χ0n) is 14.1. The van der Waals surface area contributed by atoms with Crippen LogP contribution in [0, 0.1) is 6.92 Å². The van der Waals surface area contributed by atoms with E-state index in [1.54, 1.807) is 30.3 Å². The number of nitrogens with zero attached hydrogens (tertiary/aromatic N) is 1. The maximum Gasteiger partial charge on any atom is 0.329 e. The van der Waals surface area contributed by atoms with Gasteiger partial charge in [-0.15, -0.1) is 0 Å². The number of aromatic hydroxyl groups is 1. The third kappa shape index (κ3) is 3.87. The Kier molecular flexibility index (Phi) is 4.94. The van der Waals surface area contributed by atoms with E-state index < -0.39 is 11.8 Å². The zero-order valence-corrected chi connectivity index (χ0v) is 14.1. The molecule has 0 radical (unpaired) electrons. The summed E-state index contributed by atoms with van der Waals surface area (Å²) in [4.78, 5) is 23.8. The lowest BCUT2D eigenvalue weighted by molar-refractivity contribution is -0.136. The maximum absolute atomic E-state index is 11.9. The molecule has 6 heteroatoms. The Bertz CT molecular complexity index is 1010. The highest BCUT2D eigenvalue weighted by atomic mass is 16.3. The van der Waals surface area contributed by atoms with Crippen molar-refractivity contribution < 1.29 is 14.7 Å². The van der Waals surface area contributed by atoms with E-state index in [1.807, 2.05) is 37.3 Å². The van der Waals surface area contributed by atoms with Crippen LogP contribution in [0.4, 0.5) is 5.69 Å². The van der Waals surface area contributed by atoms with E-state index in [-0.39, 0.29) is 5.75 Å². The van der Waals surface area contributed by atoms with Crippen LogP contribution in [0.5, 0.6) is 5.75 Å². The van der Waals surface area contributed by atoms with E-state index in [0.29, 0.717) is 11.3 Å². The fraction of sp³-hybridized carbons (Fsp3) is 0.0500. The first-order valence-electron chi connectivity index (χ1n) is 7.96. The first-order valence-corrected chi connectivity index (χ1v) is 7.96. The molecule has 0 spiro atoms. The molecular weight excluding hydrogens is 330 g/mol. The molecule has 0 atom stereocenters. The quantitative estimate of drug-likeness (QED) is 0.386. The van der Waals surface area contributed by atoms with Crippen LogP contribution in [-0.4, -0.2) is 23.1 Å². The van der Waals surface area contributed by atoms with E-state index >= 15 is 0 Å². The molecule has 130 valence electrons. The van der Waals surface area contributed by atoms with Gasteiger partial charge in [0.1, 0.15) is 5.75 Å². The molecule has 0 saturated heterocycles. The van der Waals surface area contributed by atoms with E-state index in [1.165, 1.54) is 6.21 Å². The summed E-state index contributed by atoms with van der Waals surface area (Å²) in [5.74, 6) is -1.69. The minimum Gasteiger partial charge on any atom is -0.507 e. The van der Waals surface area contributed by atoms with Crippen LogP contribution in [0.1, 0.15) is 11.1 Å². The molecule has 0 heterocycles. The van der Waals surface area contributed by atoms with Crippen LogP contribution in [0.3, 0.4) is 0 Å². The summed E-state index contributed by atoms with van der Waals surface area (Å²) >= 11 is 0. The normalized spacial score (nSPS) is 10.8. The summed E-state index contributed by atoms with van der Waals surface area (Å²) in [6.45, 7) is 1.89. The highest BCUT2D eigenvalue weighted by molar-refractivity contribution is 6.39. The molecule has 3 N–H and O–H groups in total. The summed E-state index contributed by atoms with van der Waals surface area (Å²) in [6, 6.07) is 17.9. The standard InChI is InChI=1S/C20H17N3O3/c1-13-5-4-7-15(11-13)22-19(25)20(26)23-21-12-17-16-8-3-2-6-14(16)9-10-18(17)24/h2-12,24H,1H3,(H,22,25)(H,23,26)/b21-12-. The van der Waals surface area contributed by atoms with Crippen molar-refractivity contribution in [2.24, 2.45) is 5.10 Å². The van der Waals surface area contributed by atoms with Crippen molar-refractivity contribution >= 4 is 34.5 Å². The number of nitrogens with one attached hydrogen (secondary N) is 2. The molecule has 0 fully saturated rings. The molecule has 26 heavy (non-hydrogen) atoms. The van der Waals surface area contributed by atoms with Crippen molar-refractivity contribution in [2.75, 3.05) is 5.32 Å². The molecular formula is C20H17N3O3. The number of hydrazone groups is 1. The van der Waals surface area contributed by atoms with Gasteiger partial charge in [-0.3, -0.25) is 9.59 Å². The number of benzene rings is 3. The van der Waals surface area contributed by atoms with Gasteiger partial charge in [0.25, 0.3) is 0 Å². The lowest BCUT2D eigenvalue weighted by Crippen LogP contribution is -2.32. The van der Waals surface area contributed by atoms with Gasteiger partial charge in [0, 0.05) is 11.3 Å². The number of fused-ring (bicyclic) bond motifs is 1. The number of amides is 2. The van der Waals surface area contributed by atoms with Gasteiger partial charge in [0.05, 0.1) is 6.21 Å². The Morgan fingerprint density at radius 2 is 1.81 bits per heavy atom. The second kappa shape index (κ2) is 7.48. The van der Waals surface area contributed by atoms with Gasteiger partial charge in [0.15, 0.2) is 0 Å². The van der Waals surface area contributed by atoms with Gasteiger partial charge in [-0.2, -0.15) is 5.10 Å². The Hall–Kier alpha value is -3.67. The lowest BCUT2D eigenvalue weighted by Gasteiger charge is -2.06. The topological polar surface area (TPSA) is 90.8 Å². The zero-order chi connectivity index (χ0) is 18.5. The molecule has 0 bridgehead atoms. The van der Waals surface area contributed by atoms with Gasteiger partial charge >= 0.3 is 11.8 Å². The Morgan fingerprint density at radius 1 is 1.00 bits per heavy atom. The predicted molar refractivity (Wildman–Crippen MR) is 101 cm³/mol. The summed E-state index contributed by atoms with van der Waals surface area (Å²) in [7, 11) is 0. The number of hydrogen-bond donors (Lipinski definition) is 3. The molecule has 3 aromatic carbocycles. The average molecular weight is 347 g/mol. The number of anilines is 1. The number of rotatable bonds is 3. The fourth-order valence-corrected chi connectivity index (χ4v) is 2.54. The largest absolute Gasteiger partial charge is 0.507 e.